The molecule has 0 saturated carbocycles. The van der Waals surface area contributed by atoms with Gasteiger partial charge in [-0.3, -0.25) is 0 Å². The Hall–Kier alpha value is -1.44. The number of hydrogen-bond acceptors (Lipinski definition) is 2. The van der Waals surface area contributed by atoms with Crippen molar-refractivity contribution in [3.8, 4) is 0 Å². The van der Waals surface area contributed by atoms with Crippen molar-refractivity contribution in [2.75, 3.05) is 4.90 Å². The van der Waals surface area contributed by atoms with Crippen LogP contribution in [0.2, 0.25) is 0 Å². The fraction of sp³-hybridized carbons (Fsp3) is 0.724. The summed E-state index contributed by atoms with van der Waals surface area (Å²) in [5, 5.41) is 0. The van der Waals surface area contributed by atoms with E-state index in [9.17, 15) is 0 Å². The zero-order chi connectivity index (χ0) is 22.2. The van der Waals surface area contributed by atoms with E-state index in [1.807, 2.05) is 0 Å². The molecule has 1 heterocycles. The fourth-order valence-corrected chi connectivity index (χ4v) is 4.85. The van der Waals surface area contributed by atoms with Crippen molar-refractivity contribution in [3.05, 3.63) is 42.7 Å². The molecular formula is C29H50N2. The number of rotatable bonds is 18. The number of anilines is 1. The minimum absolute atomic E-state index is 0.476. The van der Waals surface area contributed by atoms with Gasteiger partial charge in [-0.15, -0.1) is 0 Å². The first-order valence-electron chi connectivity index (χ1n) is 13.5. The number of unbranched alkanes of at least 4 members (excludes halogenated alkanes) is 14. The van der Waals surface area contributed by atoms with E-state index in [0.717, 1.165) is 0 Å². The van der Waals surface area contributed by atoms with Crippen LogP contribution in [0.1, 0.15) is 124 Å². The summed E-state index contributed by atoms with van der Waals surface area (Å²) in [6.45, 7) is 6.91. The second-order valence-corrected chi connectivity index (χ2v) is 9.80. The Morgan fingerprint density at radius 2 is 1.13 bits per heavy atom. The Labute approximate surface area is 194 Å². The van der Waals surface area contributed by atoms with Gasteiger partial charge in [-0.25, -0.2) is 0 Å². The van der Waals surface area contributed by atoms with Crippen LogP contribution >= 0.6 is 0 Å². The molecule has 1 aliphatic rings. The molecule has 1 aromatic carbocycles. The van der Waals surface area contributed by atoms with Gasteiger partial charge in [0, 0.05) is 24.1 Å². The minimum atomic E-state index is 0.476. The van der Waals surface area contributed by atoms with Gasteiger partial charge in [0.05, 0.1) is 0 Å². The predicted molar refractivity (Wildman–Crippen MR) is 138 cm³/mol. The summed E-state index contributed by atoms with van der Waals surface area (Å²) in [6.07, 6.45) is 27.7. The van der Waals surface area contributed by atoms with Gasteiger partial charge in [0.1, 0.15) is 6.17 Å². The van der Waals surface area contributed by atoms with Gasteiger partial charge in [0.2, 0.25) is 0 Å². The second kappa shape index (κ2) is 16.2. The lowest BCUT2D eigenvalue weighted by Gasteiger charge is -2.35. The average molecular weight is 427 g/mol. The average Bonchev–Trinajstić information content (AvgIpc) is 3.21. The van der Waals surface area contributed by atoms with Crippen molar-refractivity contribution in [1.29, 1.82) is 0 Å². The molecule has 1 aliphatic heterocycles. The summed E-state index contributed by atoms with van der Waals surface area (Å²) < 4.78 is 0. The maximum atomic E-state index is 2.52. The highest BCUT2D eigenvalue weighted by atomic mass is 15.4. The Morgan fingerprint density at radius 1 is 0.645 bits per heavy atom. The highest BCUT2D eigenvalue weighted by molar-refractivity contribution is 5.51. The van der Waals surface area contributed by atoms with E-state index < -0.39 is 0 Å². The maximum absolute atomic E-state index is 2.52. The molecule has 1 aromatic rings. The Morgan fingerprint density at radius 3 is 1.61 bits per heavy atom. The van der Waals surface area contributed by atoms with E-state index in [1.54, 1.807) is 0 Å². The van der Waals surface area contributed by atoms with Crippen LogP contribution in [0, 0.1) is 0 Å². The lowest BCUT2D eigenvalue weighted by Crippen LogP contribution is -2.42. The van der Waals surface area contributed by atoms with Gasteiger partial charge in [-0.2, -0.15) is 0 Å². The standard InChI is InChI=1S/C29H50N2/c1-4-5-6-7-8-9-10-11-12-13-14-15-16-17-21-24-29-30(27(2)3)25-26-31(29)28-22-19-18-20-23-28/h18-20,22-23,25-27,29H,4-17,21,24H2,1-3H3. The third-order valence-electron chi connectivity index (χ3n) is 6.78. The summed E-state index contributed by atoms with van der Waals surface area (Å²) in [5.74, 6) is 0. The minimum Gasteiger partial charge on any atom is -0.353 e. The Balaban J connectivity index is 1.50. The lowest BCUT2D eigenvalue weighted by atomic mass is 10.0. The van der Waals surface area contributed by atoms with Crippen LogP contribution in [0.25, 0.3) is 0 Å². The molecule has 1 unspecified atom stereocenters. The zero-order valence-electron chi connectivity index (χ0n) is 20.9. The van der Waals surface area contributed by atoms with Crippen molar-refractivity contribution in [1.82, 2.24) is 4.90 Å². The van der Waals surface area contributed by atoms with Crippen molar-refractivity contribution in [2.24, 2.45) is 0 Å². The molecule has 0 aromatic heterocycles. The highest BCUT2D eigenvalue weighted by Crippen LogP contribution is 2.29. The Kier molecular flexibility index (Phi) is 13.5. The van der Waals surface area contributed by atoms with Crippen LogP contribution in [0.3, 0.4) is 0 Å². The molecule has 0 aliphatic carbocycles. The molecule has 2 heteroatoms. The van der Waals surface area contributed by atoms with Crippen molar-refractivity contribution >= 4 is 5.69 Å². The van der Waals surface area contributed by atoms with Crippen molar-refractivity contribution < 1.29 is 0 Å². The van der Waals surface area contributed by atoms with Crippen molar-refractivity contribution in [2.45, 2.75) is 136 Å². The van der Waals surface area contributed by atoms with E-state index >= 15 is 0 Å². The molecule has 0 fully saturated rings. The molecule has 31 heavy (non-hydrogen) atoms. The van der Waals surface area contributed by atoms with Gasteiger partial charge < -0.3 is 9.80 Å². The predicted octanol–water partition coefficient (Wildman–Crippen LogP) is 9.28. The molecule has 176 valence electrons. The van der Waals surface area contributed by atoms with Crippen LogP contribution in [0.4, 0.5) is 5.69 Å². The van der Waals surface area contributed by atoms with Crippen LogP contribution in [0.5, 0.6) is 0 Å². The first-order chi connectivity index (χ1) is 15.2. The van der Waals surface area contributed by atoms with Gasteiger partial charge in [-0.05, 0) is 38.8 Å². The zero-order valence-corrected chi connectivity index (χ0v) is 20.9. The second-order valence-electron chi connectivity index (χ2n) is 9.80. The Bertz CT molecular complexity index is 565. The lowest BCUT2D eigenvalue weighted by molar-refractivity contribution is 0.233. The molecule has 1 atom stereocenters. The summed E-state index contributed by atoms with van der Waals surface area (Å²) >= 11 is 0. The van der Waals surface area contributed by atoms with Crippen molar-refractivity contribution in [3.63, 3.8) is 0 Å². The maximum Gasteiger partial charge on any atom is 0.106 e. The van der Waals surface area contributed by atoms with Gasteiger partial charge in [0.15, 0.2) is 0 Å². The number of nitrogens with zero attached hydrogens (tertiary/aromatic N) is 2. The van der Waals surface area contributed by atoms with Crippen LogP contribution in [0.15, 0.2) is 42.7 Å². The van der Waals surface area contributed by atoms with Gasteiger partial charge >= 0.3 is 0 Å². The summed E-state index contributed by atoms with van der Waals surface area (Å²) in [5.41, 5.74) is 1.31. The fourth-order valence-electron chi connectivity index (χ4n) is 4.85. The molecule has 0 spiro atoms. The molecular weight excluding hydrogens is 376 g/mol. The number of hydrogen-bond donors (Lipinski definition) is 0. The van der Waals surface area contributed by atoms with E-state index in [4.69, 9.17) is 0 Å². The molecule has 0 saturated heterocycles. The number of benzene rings is 1. The molecule has 0 amide bonds. The largest absolute Gasteiger partial charge is 0.353 e. The van der Waals surface area contributed by atoms with E-state index in [1.165, 1.54) is 108 Å². The van der Waals surface area contributed by atoms with Gasteiger partial charge in [-0.1, -0.05) is 115 Å². The van der Waals surface area contributed by atoms with E-state index in [-0.39, 0.29) is 0 Å². The first kappa shape index (κ1) is 25.8. The highest BCUT2D eigenvalue weighted by Gasteiger charge is 2.28. The summed E-state index contributed by atoms with van der Waals surface area (Å²) in [4.78, 5) is 4.99. The van der Waals surface area contributed by atoms with Gasteiger partial charge in [0.25, 0.3) is 0 Å². The number of para-hydroxylation sites is 1. The summed E-state index contributed by atoms with van der Waals surface area (Å²) in [7, 11) is 0. The quantitative estimate of drug-likeness (QED) is 0.216. The van der Waals surface area contributed by atoms with E-state index in [0.29, 0.717) is 12.2 Å². The topological polar surface area (TPSA) is 6.48 Å². The SMILES string of the molecule is CCCCCCCCCCCCCCCCCC1N(c2ccccc2)C=CN1C(C)C. The third-order valence-corrected chi connectivity index (χ3v) is 6.78. The monoisotopic (exact) mass is 426 g/mol. The summed E-state index contributed by atoms with van der Waals surface area (Å²) in [6, 6.07) is 11.4. The van der Waals surface area contributed by atoms with E-state index in [2.05, 4.69) is 73.3 Å². The molecule has 2 rings (SSSR count). The molecule has 2 nitrogen and oxygen atoms in total. The van der Waals surface area contributed by atoms with Crippen LogP contribution in [-0.2, 0) is 0 Å². The smallest absolute Gasteiger partial charge is 0.106 e. The first-order valence-corrected chi connectivity index (χ1v) is 13.5. The van der Waals surface area contributed by atoms with Crippen LogP contribution in [-0.4, -0.2) is 17.1 Å². The molecule has 0 N–H and O–H groups in total. The molecule has 0 bridgehead atoms. The van der Waals surface area contributed by atoms with Crippen LogP contribution < -0.4 is 4.90 Å². The third kappa shape index (κ3) is 10.1. The normalized spacial score (nSPS) is 16.1. The molecule has 0 radical (unpaired) electrons.